The summed E-state index contributed by atoms with van der Waals surface area (Å²) >= 11 is 0. The summed E-state index contributed by atoms with van der Waals surface area (Å²) in [7, 11) is -3.04. The van der Waals surface area contributed by atoms with Gasteiger partial charge in [-0.3, -0.25) is 9.59 Å². The molecule has 0 spiro atoms. The second-order valence-electron chi connectivity index (χ2n) is 4.59. The van der Waals surface area contributed by atoms with Crippen molar-refractivity contribution in [3.05, 3.63) is 34.2 Å². The highest BCUT2D eigenvalue weighted by Crippen LogP contribution is 2.19. The normalized spacial score (nSPS) is 21.2. The number of aromatic amines is 1. The summed E-state index contributed by atoms with van der Waals surface area (Å²) in [5, 5.41) is 0. The van der Waals surface area contributed by atoms with Gasteiger partial charge in [-0.05, 0) is 19.4 Å². The molecule has 1 atom stereocenters. The lowest BCUT2D eigenvalue weighted by atomic mass is 10.1. The van der Waals surface area contributed by atoms with E-state index in [9.17, 15) is 18.0 Å². The van der Waals surface area contributed by atoms with Crippen LogP contribution < -0.4 is 5.56 Å². The molecule has 2 heterocycles. The van der Waals surface area contributed by atoms with E-state index >= 15 is 0 Å². The molecule has 1 fully saturated rings. The highest BCUT2D eigenvalue weighted by Gasteiger charge is 2.34. The van der Waals surface area contributed by atoms with E-state index in [0.29, 0.717) is 13.0 Å². The fourth-order valence-corrected chi connectivity index (χ4v) is 4.06. The molecule has 1 saturated heterocycles. The molecule has 1 aromatic heterocycles. The van der Waals surface area contributed by atoms with Gasteiger partial charge in [-0.25, -0.2) is 8.42 Å². The Bertz CT molecular complexity index is 635. The number of carbonyl (C=O) groups is 1. The van der Waals surface area contributed by atoms with Crippen LogP contribution in [0.2, 0.25) is 0 Å². The molecule has 1 N–H and O–H groups in total. The molecule has 1 amide bonds. The molecule has 0 bridgehead atoms. The molecule has 0 aliphatic carbocycles. The standard InChI is InChI=1S/C12H16N2O4S/c1-2-14(10-4-6-19(17,18)8-10)12(16)9-3-5-13-11(15)7-9/h3,5,7,10H,2,4,6,8H2,1H3,(H,13,15). The summed E-state index contributed by atoms with van der Waals surface area (Å²) in [4.78, 5) is 27.5. The van der Waals surface area contributed by atoms with Gasteiger partial charge in [-0.1, -0.05) is 0 Å². The van der Waals surface area contributed by atoms with Crippen molar-refractivity contribution in [1.29, 1.82) is 0 Å². The Morgan fingerprint density at radius 2 is 2.26 bits per heavy atom. The monoisotopic (exact) mass is 284 g/mol. The van der Waals surface area contributed by atoms with Crippen LogP contribution in [0.3, 0.4) is 0 Å². The average Bonchev–Trinajstić information content (AvgIpc) is 2.70. The SMILES string of the molecule is CCN(C(=O)c1cc[nH]c(=O)c1)C1CCS(=O)(=O)C1. The van der Waals surface area contributed by atoms with Crippen molar-refractivity contribution in [3.63, 3.8) is 0 Å². The summed E-state index contributed by atoms with van der Waals surface area (Å²) in [6, 6.07) is 2.46. The zero-order valence-corrected chi connectivity index (χ0v) is 11.4. The molecule has 6 nitrogen and oxygen atoms in total. The maximum atomic E-state index is 12.3. The Morgan fingerprint density at radius 1 is 1.53 bits per heavy atom. The summed E-state index contributed by atoms with van der Waals surface area (Å²) in [5.74, 6) is -0.164. The van der Waals surface area contributed by atoms with E-state index in [0.717, 1.165) is 0 Å². The number of nitrogens with zero attached hydrogens (tertiary/aromatic N) is 1. The lowest BCUT2D eigenvalue weighted by molar-refractivity contribution is 0.0708. The van der Waals surface area contributed by atoms with Crippen molar-refractivity contribution in [3.8, 4) is 0 Å². The van der Waals surface area contributed by atoms with E-state index in [4.69, 9.17) is 0 Å². The molecule has 0 aromatic carbocycles. The van der Waals surface area contributed by atoms with Crippen molar-refractivity contribution in [2.75, 3.05) is 18.1 Å². The molecular formula is C12H16N2O4S. The van der Waals surface area contributed by atoms with Crippen molar-refractivity contribution in [1.82, 2.24) is 9.88 Å². The second kappa shape index (κ2) is 5.16. The number of sulfone groups is 1. The molecule has 1 aliphatic heterocycles. The maximum Gasteiger partial charge on any atom is 0.254 e. The maximum absolute atomic E-state index is 12.3. The van der Waals surface area contributed by atoms with Gasteiger partial charge in [-0.2, -0.15) is 0 Å². The number of carbonyl (C=O) groups excluding carboxylic acids is 1. The van der Waals surface area contributed by atoms with E-state index < -0.39 is 9.84 Å². The molecule has 7 heteroatoms. The van der Waals surface area contributed by atoms with Gasteiger partial charge in [0, 0.05) is 30.4 Å². The van der Waals surface area contributed by atoms with Crippen LogP contribution in [0.15, 0.2) is 23.1 Å². The van der Waals surface area contributed by atoms with Crippen LogP contribution in [0.5, 0.6) is 0 Å². The van der Waals surface area contributed by atoms with Crippen LogP contribution >= 0.6 is 0 Å². The molecule has 19 heavy (non-hydrogen) atoms. The summed E-state index contributed by atoms with van der Waals surface area (Å²) < 4.78 is 23.0. The number of pyridine rings is 1. The van der Waals surface area contributed by atoms with E-state index in [2.05, 4.69) is 4.98 Å². The number of hydrogen-bond donors (Lipinski definition) is 1. The first-order valence-electron chi connectivity index (χ1n) is 6.13. The first-order valence-corrected chi connectivity index (χ1v) is 7.95. The first kappa shape index (κ1) is 13.8. The van der Waals surface area contributed by atoms with Crippen LogP contribution in [0.1, 0.15) is 23.7 Å². The van der Waals surface area contributed by atoms with Crippen LogP contribution in [0, 0.1) is 0 Å². The van der Waals surface area contributed by atoms with Crippen molar-refractivity contribution in [2.24, 2.45) is 0 Å². The summed E-state index contributed by atoms with van der Waals surface area (Å²) in [6.07, 6.45) is 1.87. The van der Waals surface area contributed by atoms with Crippen molar-refractivity contribution < 1.29 is 13.2 Å². The fraction of sp³-hybridized carbons (Fsp3) is 0.500. The van der Waals surface area contributed by atoms with Gasteiger partial charge in [0.1, 0.15) is 0 Å². The smallest absolute Gasteiger partial charge is 0.254 e. The van der Waals surface area contributed by atoms with E-state index in [-0.39, 0.29) is 34.6 Å². The number of nitrogens with one attached hydrogen (secondary N) is 1. The van der Waals surface area contributed by atoms with Gasteiger partial charge in [0.2, 0.25) is 5.56 Å². The number of rotatable bonds is 3. The van der Waals surface area contributed by atoms with Crippen LogP contribution in [-0.2, 0) is 9.84 Å². The van der Waals surface area contributed by atoms with E-state index in [1.54, 1.807) is 6.92 Å². The minimum Gasteiger partial charge on any atom is -0.335 e. The van der Waals surface area contributed by atoms with Crippen molar-refractivity contribution in [2.45, 2.75) is 19.4 Å². The van der Waals surface area contributed by atoms with Crippen LogP contribution in [0.4, 0.5) is 0 Å². The van der Waals surface area contributed by atoms with Gasteiger partial charge >= 0.3 is 0 Å². The number of aromatic nitrogens is 1. The van der Waals surface area contributed by atoms with Crippen LogP contribution in [0.25, 0.3) is 0 Å². The minimum absolute atomic E-state index is 0.00969. The molecule has 2 rings (SSSR count). The Morgan fingerprint density at radius 3 is 2.79 bits per heavy atom. The molecule has 0 radical (unpaired) electrons. The van der Waals surface area contributed by atoms with Gasteiger partial charge in [-0.15, -0.1) is 0 Å². The third-order valence-electron chi connectivity index (χ3n) is 3.27. The molecular weight excluding hydrogens is 268 g/mol. The molecule has 104 valence electrons. The van der Waals surface area contributed by atoms with E-state index in [1.807, 2.05) is 0 Å². The third kappa shape index (κ3) is 3.04. The van der Waals surface area contributed by atoms with Crippen LogP contribution in [-0.4, -0.2) is 48.3 Å². The Labute approximate surface area is 111 Å². The number of amides is 1. The largest absolute Gasteiger partial charge is 0.335 e. The van der Waals surface area contributed by atoms with Gasteiger partial charge in [0.25, 0.3) is 5.91 Å². The molecule has 1 unspecified atom stereocenters. The lowest BCUT2D eigenvalue weighted by Crippen LogP contribution is -2.41. The lowest BCUT2D eigenvalue weighted by Gasteiger charge is -2.26. The highest BCUT2D eigenvalue weighted by atomic mass is 32.2. The second-order valence-corrected chi connectivity index (χ2v) is 6.82. The van der Waals surface area contributed by atoms with E-state index in [1.165, 1.54) is 23.2 Å². The van der Waals surface area contributed by atoms with Gasteiger partial charge in [0.15, 0.2) is 9.84 Å². The summed E-state index contributed by atoms with van der Waals surface area (Å²) in [6.45, 7) is 2.22. The van der Waals surface area contributed by atoms with Gasteiger partial charge < -0.3 is 9.88 Å². The Hall–Kier alpha value is -1.63. The number of hydrogen-bond acceptors (Lipinski definition) is 4. The summed E-state index contributed by atoms with van der Waals surface area (Å²) in [5.41, 5.74) is -0.0594. The quantitative estimate of drug-likeness (QED) is 0.848. The highest BCUT2D eigenvalue weighted by molar-refractivity contribution is 7.91. The molecule has 0 saturated carbocycles. The van der Waals surface area contributed by atoms with Crippen molar-refractivity contribution >= 4 is 15.7 Å². The fourth-order valence-electron chi connectivity index (χ4n) is 2.33. The predicted octanol–water partition coefficient (Wildman–Crippen LogP) is 0.0241. The first-order chi connectivity index (χ1) is 8.93. The predicted molar refractivity (Wildman–Crippen MR) is 70.8 cm³/mol. The topological polar surface area (TPSA) is 87.3 Å². The molecule has 1 aliphatic rings. The minimum atomic E-state index is -3.04. The Kier molecular flexibility index (Phi) is 3.75. The zero-order chi connectivity index (χ0) is 14.0. The average molecular weight is 284 g/mol. The Balaban J connectivity index is 2.23. The number of H-pyrrole nitrogens is 1. The third-order valence-corrected chi connectivity index (χ3v) is 5.02. The zero-order valence-electron chi connectivity index (χ0n) is 10.6. The van der Waals surface area contributed by atoms with Gasteiger partial charge in [0.05, 0.1) is 11.5 Å². The molecule has 1 aromatic rings.